The van der Waals surface area contributed by atoms with Crippen LogP contribution in [0.1, 0.15) is 0 Å². The first-order valence-corrected chi connectivity index (χ1v) is 2.58. The van der Waals surface area contributed by atoms with Gasteiger partial charge < -0.3 is 5.11 Å². The van der Waals surface area contributed by atoms with E-state index in [4.69, 9.17) is 10.0 Å². The minimum atomic E-state index is 0.322. The third-order valence-electron chi connectivity index (χ3n) is 0.756. The normalized spacial score (nSPS) is 7.20. The molecule has 0 atom stereocenters. The quantitative estimate of drug-likeness (QED) is 0.321. The Bertz CT molecular complexity index is 176. The molecule has 4 nitrogen and oxygen atoms in total. The summed E-state index contributed by atoms with van der Waals surface area (Å²) in [6.07, 6.45) is 0. The fourth-order valence-corrected chi connectivity index (χ4v) is 0.428. The summed E-state index contributed by atoms with van der Waals surface area (Å²) in [4.78, 5) is 8.33. The van der Waals surface area contributed by atoms with Crippen molar-refractivity contribution in [2.75, 3.05) is 0 Å². The second kappa shape index (κ2) is 5.55. The maximum absolute atomic E-state index is 8.63. The Morgan fingerprint density at radius 3 is 1.90 bits per heavy atom. The zero-order valence-electron chi connectivity index (χ0n) is 5.27. The standard InChI is InChI=1S/C6H6O.H2N2O/c7-6-4-2-1-3-5-6;1-2-3/h1-5,7H;(H2,1,3). The van der Waals surface area contributed by atoms with Crippen LogP contribution < -0.4 is 5.84 Å². The predicted octanol–water partition coefficient (Wildman–Crippen LogP) is 1.02. The van der Waals surface area contributed by atoms with Crippen molar-refractivity contribution < 1.29 is 5.11 Å². The number of phenols is 1. The molecule has 0 amide bonds. The second-order valence-electron chi connectivity index (χ2n) is 1.44. The zero-order chi connectivity index (χ0) is 7.82. The van der Waals surface area contributed by atoms with E-state index in [1.54, 1.807) is 29.6 Å². The van der Waals surface area contributed by atoms with Gasteiger partial charge >= 0.3 is 0 Å². The van der Waals surface area contributed by atoms with Gasteiger partial charge in [0.1, 0.15) is 5.75 Å². The third kappa shape index (κ3) is 4.58. The average Bonchev–Trinajstić information content (AvgIpc) is 1.91. The van der Waals surface area contributed by atoms with Gasteiger partial charge in [-0.05, 0) is 12.1 Å². The van der Waals surface area contributed by atoms with E-state index in [0.29, 0.717) is 5.75 Å². The molecule has 0 fully saturated rings. The van der Waals surface area contributed by atoms with Gasteiger partial charge in [-0.2, -0.15) is 0 Å². The molecule has 0 radical (unpaired) electrons. The molecule has 0 aromatic heterocycles. The van der Waals surface area contributed by atoms with E-state index in [1.165, 1.54) is 0 Å². The number of phenolic OH excluding ortho intramolecular Hbond substituents is 1. The highest BCUT2D eigenvalue weighted by molar-refractivity contribution is 5.18. The lowest BCUT2D eigenvalue weighted by molar-refractivity contribution is 0.475. The van der Waals surface area contributed by atoms with E-state index in [-0.39, 0.29) is 0 Å². The number of aromatic hydroxyl groups is 1. The van der Waals surface area contributed by atoms with Crippen molar-refractivity contribution in [3.05, 3.63) is 35.2 Å². The fourth-order valence-electron chi connectivity index (χ4n) is 0.428. The molecule has 0 aliphatic carbocycles. The Kier molecular flexibility index (Phi) is 4.68. The van der Waals surface area contributed by atoms with Crippen LogP contribution in [0.25, 0.3) is 0 Å². The maximum Gasteiger partial charge on any atom is 0.115 e. The molecule has 0 unspecified atom stereocenters. The number of hydrogen-bond acceptors (Lipinski definition) is 3. The van der Waals surface area contributed by atoms with Gasteiger partial charge in [-0.15, -0.1) is 4.91 Å². The van der Waals surface area contributed by atoms with Gasteiger partial charge in [0, 0.05) is 5.29 Å². The molecule has 1 rings (SSSR count). The number of nitroso groups, excluding NO2 is 1. The molecule has 1 aromatic rings. The number of hydrogen-bond donors (Lipinski definition) is 2. The summed E-state index contributed by atoms with van der Waals surface area (Å²) < 4.78 is 0. The van der Waals surface area contributed by atoms with Crippen LogP contribution in [-0.2, 0) is 0 Å². The smallest absolute Gasteiger partial charge is 0.115 e. The summed E-state index contributed by atoms with van der Waals surface area (Å²) in [5.41, 5.74) is 0. The van der Waals surface area contributed by atoms with Gasteiger partial charge in [0.25, 0.3) is 0 Å². The Morgan fingerprint density at radius 1 is 1.30 bits per heavy atom. The van der Waals surface area contributed by atoms with Crippen LogP contribution in [0.5, 0.6) is 5.75 Å². The van der Waals surface area contributed by atoms with Crippen molar-refractivity contribution in [2.45, 2.75) is 0 Å². The lowest BCUT2D eigenvalue weighted by Crippen LogP contribution is -1.66. The summed E-state index contributed by atoms with van der Waals surface area (Å²) in [6.45, 7) is 0. The highest BCUT2D eigenvalue weighted by Crippen LogP contribution is 2.02. The van der Waals surface area contributed by atoms with E-state index < -0.39 is 0 Å². The zero-order valence-corrected chi connectivity index (χ0v) is 5.27. The minimum Gasteiger partial charge on any atom is -0.508 e. The minimum absolute atomic E-state index is 0.322. The topological polar surface area (TPSA) is 75.7 Å². The van der Waals surface area contributed by atoms with Crippen molar-refractivity contribution in [2.24, 2.45) is 11.1 Å². The molecule has 0 bridgehead atoms. The van der Waals surface area contributed by atoms with Crippen LogP contribution in [0.4, 0.5) is 0 Å². The molecule has 54 valence electrons. The highest BCUT2D eigenvalue weighted by Gasteiger charge is 1.74. The lowest BCUT2D eigenvalue weighted by atomic mass is 10.3. The van der Waals surface area contributed by atoms with Gasteiger partial charge in [-0.3, -0.25) is 5.84 Å². The maximum atomic E-state index is 8.63. The monoisotopic (exact) mass is 140 g/mol. The molecule has 10 heavy (non-hydrogen) atoms. The average molecular weight is 140 g/mol. The molecule has 0 aliphatic heterocycles. The van der Waals surface area contributed by atoms with Crippen molar-refractivity contribution >= 4 is 0 Å². The fraction of sp³-hybridized carbons (Fsp3) is 0. The Balaban J connectivity index is 0.000000236. The Hall–Kier alpha value is -1.58. The van der Waals surface area contributed by atoms with Gasteiger partial charge in [0.2, 0.25) is 0 Å². The van der Waals surface area contributed by atoms with Crippen molar-refractivity contribution in [3.63, 3.8) is 0 Å². The van der Waals surface area contributed by atoms with Gasteiger partial charge in [0.05, 0.1) is 0 Å². The largest absolute Gasteiger partial charge is 0.508 e. The van der Waals surface area contributed by atoms with Crippen LogP contribution in [0.2, 0.25) is 0 Å². The first kappa shape index (κ1) is 8.42. The lowest BCUT2D eigenvalue weighted by Gasteiger charge is -1.82. The predicted molar refractivity (Wildman–Crippen MR) is 38.1 cm³/mol. The van der Waals surface area contributed by atoms with E-state index in [2.05, 4.69) is 5.84 Å². The number of benzene rings is 1. The van der Waals surface area contributed by atoms with Gasteiger partial charge in [-0.25, -0.2) is 0 Å². The Labute approximate surface area is 58.2 Å². The van der Waals surface area contributed by atoms with Crippen LogP contribution >= 0.6 is 0 Å². The molecule has 4 heteroatoms. The van der Waals surface area contributed by atoms with E-state index in [1.807, 2.05) is 6.07 Å². The molecule has 1 aromatic carbocycles. The third-order valence-corrected chi connectivity index (χ3v) is 0.756. The summed E-state index contributed by atoms with van der Waals surface area (Å²) in [5, 5.41) is 10.4. The SMILES string of the molecule is NN=O.Oc1ccccc1. The molecular formula is C6H8N2O2. The van der Waals surface area contributed by atoms with E-state index >= 15 is 0 Å². The highest BCUT2D eigenvalue weighted by atomic mass is 16.3. The first-order chi connectivity index (χ1) is 4.81. The van der Waals surface area contributed by atoms with Crippen molar-refractivity contribution in [1.29, 1.82) is 0 Å². The summed E-state index contributed by atoms with van der Waals surface area (Å²) in [5.74, 6) is 4.24. The summed E-state index contributed by atoms with van der Waals surface area (Å²) in [6, 6.07) is 8.71. The molecule has 0 saturated heterocycles. The second-order valence-corrected chi connectivity index (χ2v) is 1.44. The number of nitrogens with zero attached hydrogens (tertiary/aromatic N) is 1. The van der Waals surface area contributed by atoms with Gasteiger partial charge in [0.15, 0.2) is 0 Å². The van der Waals surface area contributed by atoms with Crippen molar-refractivity contribution in [1.82, 2.24) is 0 Å². The summed E-state index contributed by atoms with van der Waals surface area (Å²) in [7, 11) is 0. The number of para-hydroxylation sites is 1. The van der Waals surface area contributed by atoms with E-state index in [0.717, 1.165) is 0 Å². The molecule has 0 spiro atoms. The van der Waals surface area contributed by atoms with Crippen molar-refractivity contribution in [3.8, 4) is 5.75 Å². The number of nitrogens with two attached hydrogens (primary N) is 1. The van der Waals surface area contributed by atoms with Crippen LogP contribution in [0, 0.1) is 4.91 Å². The molecule has 0 heterocycles. The first-order valence-electron chi connectivity index (χ1n) is 2.58. The van der Waals surface area contributed by atoms with Crippen LogP contribution in [0.15, 0.2) is 35.6 Å². The van der Waals surface area contributed by atoms with Crippen LogP contribution in [0.3, 0.4) is 0 Å². The number of rotatable bonds is 0. The molecule has 3 N–H and O–H groups in total. The summed E-state index contributed by atoms with van der Waals surface area (Å²) >= 11 is 0. The van der Waals surface area contributed by atoms with Crippen LogP contribution in [-0.4, -0.2) is 5.11 Å². The Morgan fingerprint density at radius 2 is 1.70 bits per heavy atom. The van der Waals surface area contributed by atoms with E-state index in [9.17, 15) is 0 Å². The molecular weight excluding hydrogens is 132 g/mol. The molecule has 0 saturated carbocycles. The van der Waals surface area contributed by atoms with Gasteiger partial charge in [-0.1, -0.05) is 18.2 Å². The molecule has 0 aliphatic rings.